The summed E-state index contributed by atoms with van der Waals surface area (Å²) in [6, 6.07) is 13.7. The van der Waals surface area contributed by atoms with Gasteiger partial charge in [-0.25, -0.2) is 4.98 Å². The number of hydrogen-bond donors (Lipinski definition) is 0. The van der Waals surface area contributed by atoms with Crippen molar-refractivity contribution in [2.75, 3.05) is 37.0 Å². The number of pyridine rings is 1. The predicted octanol–water partition coefficient (Wildman–Crippen LogP) is 2.57. The van der Waals surface area contributed by atoms with Crippen molar-refractivity contribution in [2.45, 2.75) is 12.5 Å². The van der Waals surface area contributed by atoms with Gasteiger partial charge in [0.05, 0.1) is 12.8 Å². The molecular formula is C22H25N5O2. The van der Waals surface area contributed by atoms with E-state index in [1.807, 2.05) is 30.3 Å². The van der Waals surface area contributed by atoms with Crippen LogP contribution >= 0.6 is 0 Å². The van der Waals surface area contributed by atoms with Gasteiger partial charge in [0.1, 0.15) is 5.75 Å². The Hall–Kier alpha value is -3.35. The van der Waals surface area contributed by atoms with Gasteiger partial charge in [-0.2, -0.15) is 0 Å². The minimum absolute atomic E-state index is 0.0635. The Kier molecular flexibility index (Phi) is 5.20. The molecule has 7 nitrogen and oxygen atoms in total. The number of rotatable bonds is 5. The van der Waals surface area contributed by atoms with E-state index in [2.05, 4.69) is 27.9 Å². The second-order valence-electron chi connectivity index (χ2n) is 7.28. The third kappa shape index (κ3) is 3.81. The number of likely N-dealkylation sites (N-methyl/N-ethyl adjacent to an activating group) is 1. The van der Waals surface area contributed by atoms with Crippen LogP contribution in [0.5, 0.6) is 5.75 Å². The molecule has 0 unspecified atom stereocenters. The van der Waals surface area contributed by atoms with Crippen molar-refractivity contribution in [2.24, 2.45) is 7.05 Å². The zero-order chi connectivity index (χ0) is 20.4. The fraction of sp³-hybridized carbons (Fsp3) is 0.318. The number of anilines is 2. The molecule has 1 aliphatic rings. The lowest BCUT2D eigenvalue weighted by Crippen LogP contribution is -2.36. The molecule has 3 heterocycles. The Labute approximate surface area is 170 Å². The Morgan fingerprint density at radius 1 is 1.17 bits per heavy atom. The summed E-state index contributed by atoms with van der Waals surface area (Å²) < 4.78 is 6.98. The number of methoxy groups -OCH3 is 1. The third-order valence-electron chi connectivity index (χ3n) is 5.54. The second kappa shape index (κ2) is 7.95. The van der Waals surface area contributed by atoms with E-state index < -0.39 is 0 Å². The van der Waals surface area contributed by atoms with Crippen LogP contribution < -0.4 is 20.1 Å². The fourth-order valence-electron chi connectivity index (χ4n) is 3.76. The van der Waals surface area contributed by atoms with Gasteiger partial charge in [0.25, 0.3) is 5.56 Å². The van der Waals surface area contributed by atoms with Gasteiger partial charge in [-0.3, -0.25) is 14.3 Å². The minimum atomic E-state index is -0.0635. The molecule has 0 spiro atoms. The van der Waals surface area contributed by atoms with Crippen LogP contribution in [0.3, 0.4) is 0 Å². The average molecular weight is 391 g/mol. The molecule has 0 radical (unpaired) electrons. The van der Waals surface area contributed by atoms with Gasteiger partial charge >= 0.3 is 0 Å². The lowest BCUT2D eigenvalue weighted by Gasteiger charge is -2.27. The Bertz CT molecular complexity index is 1050. The molecule has 150 valence electrons. The first-order chi connectivity index (χ1) is 14.1. The first kappa shape index (κ1) is 19.0. The molecule has 0 amide bonds. The SMILES string of the molecule is COc1cccc(N(C)[C@H]2CCN(c3nc(-c4ccncc4)cc(=O)n3C)C2)c1. The molecule has 0 aliphatic carbocycles. The number of nitrogens with zero attached hydrogens (tertiary/aromatic N) is 5. The molecule has 1 saturated heterocycles. The van der Waals surface area contributed by atoms with Gasteiger partial charge in [0, 0.05) is 69.0 Å². The zero-order valence-corrected chi connectivity index (χ0v) is 16.9. The summed E-state index contributed by atoms with van der Waals surface area (Å²) in [5.41, 5.74) is 2.62. The number of ether oxygens (including phenoxy) is 1. The number of aromatic nitrogens is 3. The van der Waals surface area contributed by atoms with Gasteiger partial charge in [0.15, 0.2) is 0 Å². The van der Waals surface area contributed by atoms with E-state index in [1.165, 1.54) is 0 Å². The van der Waals surface area contributed by atoms with Crippen LogP contribution in [0.2, 0.25) is 0 Å². The van der Waals surface area contributed by atoms with E-state index in [-0.39, 0.29) is 5.56 Å². The van der Waals surface area contributed by atoms with E-state index in [1.54, 1.807) is 37.2 Å². The van der Waals surface area contributed by atoms with Gasteiger partial charge in [-0.15, -0.1) is 0 Å². The smallest absolute Gasteiger partial charge is 0.255 e. The quantitative estimate of drug-likeness (QED) is 0.666. The summed E-state index contributed by atoms with van der Waals surface area (Å²) in [4.78, 5) is 25.9. The van der Waals surface area contributed by atoms with E-state index in [4.69, 9.17) is 9.72 Å². The van der Waals surface area contributed by atoms with Crippen LogP contribution in [0.25, 0.3) is 11.3 Å². The van der Waals surface area contributed by atoms with Crippen LogP contribution in [-0.2, 0) is 7.05 Å². The highest BCUT2D eigenvalue weighted by molar-refractivity contribution is 5.60. The summed E-state index contributed by atoms with van der Waals surface area (Å²) in [5, 5.41) is 0. The lowest BCUT2D eigenvalue weighted by atomic mass is 10.2. The maximum atomic E-state index is 12.6. The first-order valence-electron chi connectivity index (χ1n) is 9.67. The summed E-state index contributed by atoms with van der Waals surface area (Å²) in [6.07, 6.45) is 4.41. The monoisotopic (exact) mass is 391 g/mol. The Morgan fingerprint density at radius 2 is 1.97 bits per heavy atom. The lowest BCUT2D eigenvalue weighted by molar-refractivity contribution is 0.414. The predicted molar refractivity (Wildman–Crippen MR) is 115 cm³/mol. The highest BCUT2D eigenvalue weighted by atomic mass is 16.5. The molecular weight excluding hydrogens is 366 g/mol. The molecule has 0 bridgehead atoms. The normalized spacial score (nSPS) is 16.1. The maximum Gasteiger partial charge on any atom is 0.255 e. The highest BCUT2D eigenvalue weighted by Gasteiger charge is 2.28. The molecule has 7 heteroatoms. The van der Waals surface area contributed by atoms with E-state index in [9.17, 15) is 4.79 Å². The molecule has 0 N–H and O–H groups in total. The van der Waals surface area contributed by atoms with Crippen LogP contribution in [0.15, 0.2) is 59.7 Å². The van der Waals surface area contributed by atoms with Crippen molar-refractivity contribution in [3.8, 4) is 17.0 Å². The largest absolute Gasteiger partial charge is 0.497 e. The number of hydrogen-bond acceptors (Lipinski definition) is 6. The van der Waals surface area contributed by atoms with E-state index in [0.717, 1.165) is 36.5 Å². The van der Waals surface area contributed by atoms with Gasteiger partial charge < -0.3 is 14.5 Å². The standard InChI is InChI=1S/C22H25N5O2/c1-25(17-5-4-6-19(13-17)29-3)18-9-12-27(15-18)22-24-20(14-21(28)26(22)2)16-7-10-23-11-8-16/h4-8,10-11,13-14,18H,9,12,15H2,1-3H3/t18-/m0/s1. The molecule has 0 saturated carbocycles. The molecule has 4 rings (SSSR count). The van der Waals surface area contributed by atoms with Crippen LogP contribution in [0.1, 0.15) is 6.42 Å². The molecule has 1 fully saturated rings. The van der Waals surface area contributed by atoms with Crippen LogP contribution in [0, 0.1) is 0 Å². The van der Waals surface area contributed by atoms with Gasteiger partial charge in [0.2, 0.25) is 5.95 Å². The minimum Gasteiger partial charge on any atom is -0.497 e. The van der Waals surface area contributed by atoms with Crippen molar-refractivity contribution in [3.05, 3.63) is 65.2 Å². The Balaban J connectivity index is 1.59. The van der Waals surface area contributed by atoms with Crippen molar-refractivity contribution < 1.29 is 4.74 Å². The van der Waals surface area contributed by atoms with Crippen molar-refractivity contribution in [1.82, 2.24) is 14.5 Å². The summed E-state index contributed by atoms with van der Waals surface area (Å²) in [5.74, 6) is 1.55. The van der Waals surface area contributed by atoms with Crippen molar-refractivity contribution >= 4 is 11.6 Å². The van der Waals surface area contributed by atoms with Gasteiger partial charge in [-0.1, -0.05) is 6.07 Å². The Morgan fingerprint density at radius 3 is 2.72 bits per heavy atom. The molecule has 29 heavy (non-hydrogen) atoms. The summed E-state index contributed by atoms with van der Waals surface area (Å²) in [7, 11) is 5.56. The van der Waals surface area contributed by atoms with Crippen LogP contribution in [0.4, 0.5) is 11.6 Å². The van der Waals surface area contributed by atoms with Crippen molar-refractivity contribution in [1.29, 1.82) is 0 Å². The third-order valence-corrected chi connectivity index (χ3v) is 5.54. The molecule has 2 aromatic heterocycles. The van der Waals surface area contributed by atoms with Crippen molar-refractivity contribution in [3.63, 3.8) is 0 Å². The first-order valence-corrected chi connectivity index (χ1v) is 9.67. The topological polar surface area (TPSA) is 63.5 Å². The fourth-order valence-corrected chi connectivity index (χ4v) is 3.76. The zero-order valence-electron chi connectivity index (χ0n) is 16.9. The number of benzene rings is 1. The molecule has 1 atom stereocenters. The van der Waals surface area contributed by atoms with Crippen LogP contribution in [-0.4, -0.2) is 47.8 Å². The second-order valence-corrected chi connectivity index (χ2v) is 7.28. The van der Waals surface area contributed by atoms with Gasteiger partial charge in [-0.05, 0) is 30.7 Å². The molecule has 1 aromatic carbocycles. The van der Waals surface area contributed by atoms with E-state index >= 15 is 0 Å². The average Bonchev–Trinajstić information content (AvgIpc) is 3.25. The molecule has 1 aliphatic heterocycles. The maximum absolute atomic E-state index is 12.6. The summed E-state index contributed by atoms with van der Waals surface area (Å²) in [6.45, 7) is 1.65. The van der Waals surface area contributed by atoms with E-state index in [0.29, 0.717) is 17.7 Å². The highest BCUT2D eigenvalue weighted by Crippen LogP contribution is 2.27. The summed E-state index contributed by atoms with van der Waals surface area (Å²) >= 11 is 0. The molecule has 3 aromatic rings.